The summed E-state index contributed by atoms with van der Waals surface area (Å²) < 4.78 is 39.9. The molecule has 6 heteroatoms. The molecule has 1 aromatic carbocycles. The van der Waals surface area contributed by atoms with E-state index in [1.54, 1.807) is 0 Å². The molecule has 116 valence electrons. The highest BCUT2D eigenvalue weighted by Crippen LogP contribution is 2.23. The molecule has 1 amide bonds. The number of nitrogens with one attached hydrogen (secondary N) is 1. The second kappa shape index (κ2) is 6.83. The molecule has 1 saturated carbocycles. The Morgan fingerprint density at radius 2 is 1.62 bits per heavy atom. The third-order valence-electron chi connectivity index (χ3n) is 3.54. The average Bonchev–Trinajstić information content (AvgIpc) is 2.66. The van der Waals surface area contributed by atoms with E-state index in [0.29, 0.717) is 5.56 Å². The average molecular weight is 301 g/mol. The van der Waals surface area contributed by atoms with Gasteiger partial charge in [0, 0.05) is 11.6 Å². The summed E-state index contributed by atoms with van der Waals surface area (Å²) in [5.41, 5.74) is 0.341. The first-order chi connectivity index (χ1) is 9.94. The highest BCUT2D eigenvalue weighted by Gasteiger charge is 2.31. The van der Waals surface area contributed by atoms with Crippen LogP contribution in [-0.4, -0.2) is 18.3 Å². The smallest absolute Gasteiger partial charge is 0.406 e. The van der Waals surface area contributed by atoms with Crippen LogP contribution in [0, 0.1) is 0 Å². The maximum absolute atomic E-state index is 12.0. The number of alkyl halides is 3. The second-order valence-electron chi connectivity index (χ2n) is 5.23. The maximum Gasteiger partial charge on any atom is 0.573 e. The zero-order valence-corrected chi connectivity index (χ0v) is 11.6. The van der Waals surface area contributed by atoms with Gasteiger partial charge in [0.15, 0.2) is 0 Å². The fraction of sp³-hybridized carbons (Fsp3) is 0.533. The van der Waals surface area contributed by atoms with Crippen LogP contribution in [0.25, 0.3) is 0 Å². The molecule has 1 fully saturated rings. The van der Waals surface area contributed by atoms with Crippen LogP contribution in [0.4, 0.5) is 13.2 Å². The van der Waals surface area contributed by atoms with Gasteiger partial charge in [-0.05, 0) is 37.1 Å². The Balaban J connectivity index is 1.93. The Hall–Kier alpha value is -1.72. The summed E-state index contributed by atoms with van der Waals surface area (Å²) in [4.78, 5) is 12.0. The standard InChI is InChI=1S/C15H18F3NO2/c16-15(17,18)21-13-9-7-11(8-10-13)14(20)19-12-5-3-1-2-4-6-12/h7-10,12H,1-6H2,(H,19,20). The zero-order valence-electron chi connectivity index (χ0n) is 11.6. The van der Waals surface area contributed by atoms with E-state index in [9.17, 15) is 18.0 Å². The molecule has 1 aromatic rings. The number of benzene rings is 1. The van der Waals surface area contributed by atoms with Crippen LogP contribution in [0.3, 0.4) is 0 Å². The van der Waals surface area contributed by atoms with Crippen molar-refractivity contribution < 1.29 is 22.7 Å². The van der Waals surface area contributed by atoms with Crippen molar-refractivity contribution in [2.24, 2.45) is 0 Å². The molecule has 0 heterocycles. The molecule has 0 aromatic heterocycles. The van der Waals surface area contributed by atoms with Crippen molar-refractivity contribution in [1.82, 2.24) is 5.32 Å². The van der Waals surface area contributed by atoms with Crippen molar-refractivity contribution in [1.29, 1.82) is 0 Å². The predicted molar refractivity (Wildman–Crippen MR) is 72.1 cm³/mol. The molecular weight excluding hydrogens is 283 g/mol. The summed E-state index contributed by atoms with van der Waals surface area (Å²) in [6.45, 7) is 0. The minimum absolute atomic E-state index is 0.158. The van der Waals surface area contributed by atoms with Crippen LogP contribution < -0.4 is 10.1 Å². The van der Waals surface area contributed by atoms with E-state index in [4.69, 9.17) is 0 Å². The molecule has 0 atom stereocenters. The second-order valence-corrected chi connectivity index (χ2v) is 5.23. The summed E-state index contributed by atoms with van der Waals surface area (Å²) >= 11 is 0. The molecular formula is C15H18F3NO2. The quantitative estimate of drug-likeness (QED) is 0.856. The Morgan fingerprint density at radius 3 is 2.14 bits per heavy atom. The normalized spacial score (nSPS) is 17.1. The van der Waals surface area contributed by atoms with Gasteiger partial charge in [-0.3, -0.25) is 4.79 Å². The van der Waals surface area contributed by atoms with Gasteiger partial charge in [-0.2, -0.15) is 0 Å². The van der Waals surface area contributed by atoms with Crippen LogP contribution in [0.15, 0.2) is 24.3 Å². The third-order valence-corrected chi connectivity index (χ3v) is 3.54. The van der Waals surface area contributed by atoms with E-state index in [1.807, 2.05) is 0 Å². The number of rotatable bonds is 3. The molecule has 1 aliphatic carbocycles. The number of carbonyl (C=O) groups excluding carboxylic acids is 1. The van der Waals surface area contributed by atoms with Gasteiger partial charge in [0.05, 0.1) is 0 Å². The summed E-state index contributed by atoms with van der Waals surface area (Å²) in [6, 6.07) is 5.14. The van der Waals surface area contributed by atoms with Crippen LogP contribution >= 0.6 is 0 Å². The lowest BCUT2D eigenvalue weighted by atomic mass is 10.1. The fourth-order valence-corrected chi connectivity index (χ4v) is 2.50. The Morgan fingerprint density at radius 1 is 1.05 bits per heavy atom. The van der Waals surface area contributed by atoms with Gasteiger partial charge in [0.1, 0.15) is 5.75 Å². The van der Waals surface area contributed by atoms with Gasteiger partial charge in [-0.25, -0.2) is 0 Å². The van der Waals surface area contributed by atoms with E-state index in [2.05, 4.69) is 10.1 Å². The molecule has 0 radical (unpaired) electrons. The van der Waals surface area contributed by atoms with Crippen molar-refractivity contribution in [2.75, 3.05) is 0 Å². The number of amides is 1. The van der Waals surface area contributed by atoms with Crippen molar-refractivity contribution in [3.63, 3.8) is 0 Å². The van der Waals surface area contributed by atoms with E-state index < -0.39 is 6.36 Å². The van der Waals surface area contributed by atoms with Crippen molar-refractivity contribution in [2.45, 2.75) is 50.9 Å². The van der Waals surface area contributed by atoms with Gasteiger partial charge in [-0.15, -0.1) is 13.2 Å². The van der Waals surface area contributed by atoms with Crippen LogP contribution in [0.2, 0.25) is 0 Å². The predicted octanol–water partition coefficient (Wildman–Crippen LogP) is 4.04. The number of hydrogen-bond donors (Lipinski definition) is 1. The molecule has 0 bridgehead atoms. The monoisotopic (exact) mass is 301 g/mol. The van der Waals surface area contributed by atoms with E-state index in [0.717, 1.165) is 37.8 Å². The summed E-state index contributed by atoms with van der Waals surface area (Å²) in [5, 5.41) is 2.94. The summed E-state index contributed by atoms with van der Waals surface area (Å²) in [7, 11) is 0. The number of ether oxygens (including phenoxy) is 1. The van der Waals surface area contributed by atoms with E-state index in [-0.39, 0.29) is 17.7 Å². The third kappa shape index (κ3) is 5.28. The first-order valence-electron chi connectivity index (χ1n) is 7.11. The van der Waals surface area contributed by atoms with Gasteiger partial charge < -0.3 is 10.1 Å². The fourth-order valence-electron chi connectivity index (χ4n) is 2.50. The Labute approximate surface area is 121 Å². The molecule has 3 nitrogen and oxygen atoms in total. The molecule has 1 aliphatic rings. The molecule has 21 heavy (non-hydrogen) atoms. The molecule has 0 unspecified atom stereocenters. The minimum Gasteiger partial charge on any atom is -0.406 e. The number of carbonyl (C=O) groups is 1. The van der Waals surface area contributed by atoms with Gasteiger partial charge in [0.25, 0.3) is 5.91 Å². The van der Waals surface area contributed by atoms with Crippen molar-refractivity contribution in [3.8, 4) is 5.75 Å². The highest BCUT2D eigenvalue weighted by atomic mass is 19.4. The van der Waals surface area contributed by atoms with Crippen LogP contribution in [-0.2, 0) is 0 Å². The molecule has 1 N–H and O–H groups in total. The van der Waals surface area contributed by atoms with Crippen molar-refractivity contribution >= 4 is 5.91 Å². The van der Waals surface area contributed by atoms with Gasteiger partial charge in [-0.1, -0.05) is 25.7 Å². The molecule has 0 saturated heterocycles. The SMILES string of the molecule is O=C(NC1CCCCCC1)c1ccc(OC(F)(F)F)cc1. The molecule has 0 aliphatic heterocycles. The molecule has 2 rings (SSSR count). The highest BCUT2D eigenvalue weighted by molar-refractivity contribution is 5.94. The number of hydrogen-bond acceptors (Lipinski definition) is 2. The summed E-state index contributed by atoms with van der Waals surface area (Å²) in [6.07, 6.45) is 1.78. The topological polar surface area (TPSA) is 38.3 Å². The minimum atomic E-state index is -4.72. The first-order valence-corrected chi connectivity index (χ1v) is 7.11. The van der Waals surface area contributed by atoms with E-state index in [1.165, 1.54) is 25.0 Å². The first kappa shape index (κ1) is 15.7. The van der Waals surface area contributed by atoms with Crippen LogP contribution in [0.1, 0.15) is 48.9 Å². The lowest BCUT2D eigenvalue weighted by Gasteiger charge is -2.16. The van der Waals surface area contributed by atoms with Gasteiger partial charge >= 0.3 is 6.36 Å². The van der Waals surface area contributed by atoms with Crippen LogP contribution in [0.5, 0.6) is 5.75 Å². The lowest BCUT2D eigenvalue weighted by molar-refractivity contribution is -0.274. The Bertz CT molecular complexity index is 463. The largest absolute Gasteiger partial charge is 0.573 e. The summed E-state index contributed by atoms with van der Waals surface area (Å²) in [5.74, 6) is -0.575. The zero-order chi connectivity index (χ0) is 15.3. The Kier molecular flexibility index (Phi) is 5.09. The van der Waals surface area contributed by atoms with Gasteiger partial charge in [0.2, 0.25) is 0 Å². The van der Waals surface area contributed by atoms with Crippen molar-refractivity contribution in [3.05, 3.63) is 29.8 Å². The molecule has 0 spiro atoms. The van der Waals surface area contributed by atoms with E-state index >= 15 is 0 Å². The number of halogens is 3. The lowest BCUT2D eigenvalue weighted by Crippen LogP contribution is -2.34. The maximum atomic E-state index is 12.0.